The smallest absolute Gasteiger partial charge is 0.322 e. The SMILES string of the molecule is O=C(O)CNC(=O)CNC(=O)N1CCCCCC1. The summed E-state index contributed by atoms with van der Waals surface area (Å²) in [4.78, 5) is 34.8. The highest BCUT2D eigenvalue weighted by molar-refractivity contribution is 5.86. The van der Waals surface area contributed by atoms with Crippen molar-refractivity contribution in [2.24, 2.45) is 0 Å². The van der Waals surface area contributed by atoms with Crippen molar-refractivity contribution in [1.29, 1.82) is 0 Å². The van der Waals surface area contributed by atoms with Gasteiger partial charge < -0.3 is 20.6 Å². The Kier molecular flexibility index (Phi) is 5.96. The Labute approximate surface area is 106 Å². The van der Waals surface area contributed by atoms with Crippen molar-refractivity contribution in [2.45, 2.75) is 25.7 Å². The Bertz CT molecular complexity index is 311. The van der Waals surface area contributed by atoms with E-state index in [0.717, 1.165) is 25.7 Å². The average Bonchev–Trinajstić information content (AvgIpc) is 2.62. The van der Waals surface area contributed by atoms with E-state index in [0.29, 0.717) is 13.1 Å². The van der Waals surface area contributed by atoms with Crippen molar-refractivity contribution < 1.29 is 19.5 Å². The van der Waals surface area contributed by atoms with E-state index in [4.69, 9.17) is 5.11 Å². The zero-order chi connectivity index (χ0) is 13.4. The molecule has 7 nitrogen and oxygen atoms in total. The number of hydrogen-bond acceptors (Lipinski definition) is 3. The van der Waals surface area contributed by atoms with Gasteiger partial charge in [0.05, 0.1) is 6.54 Å². The number of carboxylic acid groups (broad SMARTS) is 1. The average molecular weight is 257 g/mol. The van der Waals surface area contributed by atoms with E-state index >= 15 is 0 Å². The number of urea groups is 1. The predicted octanol–water partition coefficient (Wildman–Crippen LogP) is -0.227. The number of rotatable bonds is 4. The van der Waals surface area contributed by atoms with E-state index in [9.17, 15) is 14.4 Å². The van der Waals surface area contributed by atoms with Crippen LogP contribution in [0.5, 0.6) is 0 Å². The Balaban J connectivity index is 2.22. The highest BCUT2D eigenvalue weighted by atomic mass is 16.4. The molecule has 7 heteroatoms. The lowest BCUT2D eigenvalue weighted by Gasteiger charge is -2.20. The van der Waals surface area contributed by atoms with Crippen molar-refractivity contribution in [2.75, 3.05) is 26.2 Å². The third-order valence-corrected chi connectivity index (χ3v) is 2.73. The van der Waals surface area contributed by atoms with Gasteiger partial charge in [0.25, 0.3) is 0 Å². The quantitative estimate of drug-likeness (QED) is 0.648. The summed E-state index contributed by atoms with van der Waals surface area (Å²) in [6.07, 6.45) is 4.23. The number of nitrogens with zero attached hydrogens (tertiary/aromatic N) is 1. The fraction of sp³-hybridized carbons (Fsp3) is 0.727. The molecule has 0 aliphatic carbocycles. The molecule has 102 valence electrons. The largest absolute Gasteiger partial charge is 0.480 e. The molecule has 3 N–H and O–H groups in total. The number of aliphatic carboxylic acids is 1. The van der Waals surface area contributed by atoms with E-state index in [1.807, 2.05) is 0 Å². The molecule has 1 rings (SSSR count). The van der Waals surface area contributed by atoms with Crippen LogP contribution >= 0.6 is 0 Å². The fourth-order valence-corrected chi connectivity index (χ4v) is 1.78. The van der Waals surface area contributed by atoms with E-state index in [2.05, 4.69) is 10.6 Å². The van der Waals surface area contributed by atoms with Crippen LogP contribution in [0.1, 0.15) is 25.7 Å². The van der Waals surface area contributed by atoms with Gasteiger partial charge in [0, 0.05) is 13.1 Å². The lowest BCUT2D eigenvalue weighted by atomic mass is 10.2. The first-order valence-corrected chi connectivity index (χ1v) is 6.11. The zero-order valence-corrected chi connectivity index (χ0v) is 10.3. The molecule has 1 fully saturated rings. The van der Waals surface area contributed by atoms with E-state index in [1.165, 1.54) is 0 Å². The normalized spacial score (nSPS) is 15.7. The standard InChI is InChI=1S/C11H19N3O4/c15-9(12-8-10(16)17)7-13-11(18)14-5-3-1-2-4-6-14/h1-8H2,(H,12,15)(H,13,18)(H,16,17). The van der Waals surface area contributed by atoms with E-state index < -0.39 is 18.4 Å². The molecule has 1 heterocycles. The van der Waals surface area contributed by atoms with Gasteiger partial charge in [0.1, 0.15) is 6.54 Å². The minimum atomic E-state index is -1.11. The summed E-state index contributed by atoms with van der Waals surface area (Å²) >= 11 is 0. The number of carbonyl (C=O) groups is 3. The van der Waals surface area contributed by atoms with Gasteiger partial charge >= 0.3 is 12.0 Å². The molecule has 0 aromatic rings. The maximum absolute atomic E-state index is 11.7. The molecule has 1 aliphatic rings. The molecule has 0 radical (unpaired) electrons. The van der Waals surface area contributed by atoms with Crippen LogP contribution in [0.25, 0.3) is 0 Å². The molecule has 0 spiro atoms. The van der Waals surface area contributed by atoms with Crippen LogP contribution in [-0.2, 0) is 9.59 Å². The molecule has 0 unspecified atom stereocenters. The van der Waals surface area contributed by atoms with Gasteiger partial charge in [-0.25, -0.2) is 4.79 Å². The van der Waals surface area contributed by atoms with Crippen LogP contribution in [0, 0.1) is 0 Å². The lowest BCUT2D eigenvalue weighted by Crippen LogP contribution is -2.45. The molecular formula is C11H19N3O4. The first-order chi connectivity index (χ1) is 8.59. The van der Waals surface area contributed by atoms with Gasteiger partial charge in [-0.15, -0.1) is 0 Å². The molecule has 0 bridgehead atoms. The van der Waals surface area contributed by atoms with Crippen molar-refractivity contribution >= 4 is 17.9 Å². The predicted molar refractivity (Wildman–Crippen MR) is 64.1 cm³/mol. The van der Waals surface area contributed by atoms with Crippen molar-refractivity contribution in [3.63, 3.8) is 0 Å². The molecule has 18 heavy (non-hydrogen) atoms. The van der Waals surface area contributed by atoms with Gasteiger partial charge in [-0.1, -0.05) is 12.8 Å². The lowest BCUT2D eigenvalue weighted by molar-refractivity contribution is -0.137. The molecule has 1 aliphatic heterocycles. The van der Waals surface area contributed by atoms with Crippen molar-refractivity contribution in [3.05, 3.63) is 0 Å². The second-order valence-corrected chi connectivity index (χ2v) is 4.23. The van der Waals surface area contributed by atoms with Gasteiger partial charge in [0.2, 0.25) is 5.91 Å². The number of carboxylic acids is 1. The third-order valence-electron chi connectivity index (χ3n) is 2.73. The summed E-state index contributed by atoms with van der Waals surface area (Å²) < 4.78 is 0. The first-order valence-electron chi connectivity index (χ1n) is 6.11. The second-order valence-electron chi connectivity index (χ2n) is 4.23. The summed E-state index contributed by atoms with van der Waals surface area (Å²) in [6, 6.07) is -0.262. The van der Waals surface area contributed by atoms with Crippen LogP contribution in [0.3, 0.4) is 0 Å². The topological polar surface area (TPSA) is 98.7 Å². The van der Waals surface area contributed by atoms with Crippen LogP contribution < -0.4 is 10.6 Å². The summed E-state index contributed by atoms with van der Waals surface area (Å²) in [5.74, 6) is -1.61. The number of likely N-dealkylation sites (tertiary alicyclic amines) is 1. The Hall–Kier alpha value is -1.79. The van der Waals surface area contributed by atoms with Crippen LogP contribution in [0.15, 0.2) is 0 Å². The summed E-state index contributed by atoms with van der Waals surface area (Å²) in [5.41, 5.74) is 0. The highest BCUT2D eigenvalue weighted by Gasteiger charge is 2.15. The number of carbonyl (C=O) groups excluding carboxylic acids is 2. The number of nitrogens with one attached hydrogen (secondary N) is 2. The Morgan fingerprint density at radius 1 is 0.944 bits per heavy atom. The Morgan fingerprint density at radius 3 is 2.11 bits per heavy atom. The zero-order valence-electron chi connectivity index (χ0n) is 10.3. The first kappa shape index (κ1) is 14.3. The van der Waals surface area contributed by atoms with Crippen molar-refractivity contribution in [1.82, 2.24) is 15.5 Å². The monoisotopic (exact) mass is 257 g/mol. The van der Waals surface area contributed by atoms with Gasteiger partial charge in [-0.05, 0) is 12.8 Å². The molecule has 0 atom stereocenters. The maximum Gasteiger partial charge on any atom is 0.322 e. The minimum absolute atomic E-state index is 0.192. The Morgan fingerprint density at radius 2 is 1.56 bits per heavy atom. The van der Waals surface area contributed by atoms with E-state index in [1.54, 1.807) is 4.90 Å². The summed E-state index contributed by atoms with van der Waals surface area (Å²) in [5, 5.41) is 13.0. The van der Waals surface area contributed by atoms with E-state index in [-0.39, 0.29) is 12.6 Å². The fourth-order valence-electron chi connectivity index (χ4n) is 1.78. The number of hydrogen-bond donors (Lipinski definition) is 3. The third kappa shape index (κ3) is 5.51. The van der Waals surface area contributed by atoms with Gasteiger partial charge in [-0.2, -0.15) is 0 Å². The molecule has 1 saturated heterocycles. The van der Waals surface area contributed by atoms with Gasteiger partial charge in [-0.3, -0.25) is 9.59 Å². The van der Waals surface area contributed by atoms with Crippen LogP contribution in [0.2, 0.25) is 0 Å². The number of amides is 3. The highest BCUT2D eigenvalue weighted by Crippen LogP contribution is 2.09. The van der Waals surface area contributed by atoms with Crippen LogP contribution in [0.4, 0.5) is 4.79 Å². The minimum Gasteiger partial charge on any atom is -0.480 e. The molecule has 3 amide bonds. The molecule has 0 aromatic heterocycles. The summed E-state index contributed by atoms with van der Waals surface area (Å²) in [7, 11) is 0. The molecule has 0 saturated carbocycles. The second kappa shape index (κ2) is 7.52. The maximum atomic E-state index is 11.7. The summed E-state index contributed by atoms with van der Waals surface area (Å²) in [6.45, 7) is 0.798. The molecule has 0 aromatic carbocycles. The van der Waals surface area contributed by atoms with Crippen molar-refractivity contribution in [3.8, 4) is 0 Å². The molecular weight excluding hydrogens is 238 g/mol. The van der Waals surface area contributed by atoms with Gasteiger partial charge in [0.15, 0.2) is 0 Å². The van der Waals surface area contributed by atoms with Crippen LogP contribution in [-0.4, -0.2) is 54.1 Å².